The van der Waals surface area contributed by atoms with E-state index in [4.69, 9.17) is 0 Å². The molecule has 0 spiro atoms. The van der Waals surface area contributed by atoms with E-state index in [1.807, 2.05) is 33.0 Å². The molecule has 2 fully saturated rings. The van der Waals surface area contributed by atoms with Crippen molar-refractivity contribution in [3.63, 3.8) is 0 Å². The molecule has 9 heteroatoms. The van der Waals surface area contributed by atoms with E-state index in [0.29, 0.717) is 5.92 Å². The van der Waals surface area contributed by atoms with Gasteiger partial charge in [-0.1, -0.05) is 0 Å². The van der Waals surface area contributed by atoms with Gasteiger partial charge in [-0.2, -0.15) is 0 Å². The Labute approximate surface area is 184 Å². The van der Waals surface area contributed by atoms with Crippen LogP contribution >= 0.6 is 0 Å². The number of hydrogen-bond acceptors (Lipinski definition) is 4. The summed E-state index contributed by atoms with van der Waals surface area (Å²) in [5, 5.41) is 0.633. The van der Waals surface area contributed by atoms with Crippen LogP contribution in [0.2, 0.25) is 0 Å². The van der Waals surface area contributed by atoms with Crippen molar-refractivity contribution in [1.82, 2.24) is 24.5 Å². The van der Waals surface area contributed by atoms with Gasteiger partial charge in [0.05, 0.1) is 0 Å². The third kappa shape index (κ3) is 4.43. The van der Waals surface area contributed by atoms with Crippen LogP contribution < -0.4 is 4.72 Å². The van der Waals surface area contributed by atoms with Crippen molar-refractivity contribution in [1.29, 1.82) is 0 Å². The summed E-state index contributed by atoms with van der Waals surface area (Å²) in [6.45, 7) is 6.40. The number of carbonyl (C=O) groups is 1. The maximum absolute atomic E-state index is 12.8. The van der Waals surface area contributed by atoms with E-state index in [9.17, 15) is 13.2 Å². The minimum atomic E-state index is -3.44. The number of urea groups is 1. The first-order valence-electron chi connectivity index (χ1n) is 11.0. The fourth-order valence-corrected chi connectivity index (χ4v) is 6.10. The first kappa shape index (κ1) is 22.1. The summed E-state index contributed by atoms with van der Waals surface area (Å²) in [6, 6.07) is 3.88. The molecule has 1 aliphatic carbocycles. The third-order valence-electron chi connectivity index (χ3n) is 6.83. The van der Waals surface area contributed by atoms with Gasteiger partial charge < -0.3 is 14.8 Å². The molecule has 1 aliphatic heterocycles. The van der Waals surface area contributed by atoms with E-state index in [1.165, 1.54) is 5.56 Å². The molecule has 3 heterocycles. The molecule has 0 atom stereocenters. The second-order valence-electron chi connectivity index (χ2n) is 9.89. The largest absolute Gasteiger partial charge is 0.346 e. The van der Waals surface area contributed by atoms with Crippen molar-refractivity contribution >= 4 is 27.1 Å². The van der Waals surface area contributed by atoms with Gasteiger partial charge in [0.25, 0.3) is 0 Å². The van der Waals surface area contributed by atoms with Crippen molar-refractivity contribution in [2.24, 2.45) is 0 Å². The van der Waals surface area contributed by atoms with Crippen molar-refractivity contribution < 1.29 is 13.2 Å². The van der Waals surface area contributed by atoms with E-state index in [0.717, 1.165) is 36.7 Å². The number of pyridine rings is 1. The molecule has 2 N–H and O–H groups in total. The number of carbonyl (C=O) groups excluding carboxylic acids is 1. The molecule has 0 unspecified atom stereocenters. The third-order valence-corrected chi connectivity index (χ3v) is 8.67. The van der Waals surface area contributed by atoms with Crippen LogP contribution in [0.4, 0.5) is 4.79 Å². The van der Waals surface area contributed by atoms with E-state index >= 15 is 0 Å². The lowest BCUT2D eigenvalue weighted by atomic mass is 9.82. The van der Waals surface area contributed by atoms with Gasteiger partial charge in [-0.3, -0.25) is 0 Å². The lowest BCUT2D eigenvalue weighted by molar-refractivity contribution is 0.105. The van der Waals surface area contributed by atoms with Gasteiger partial charge in [-0.05, 0) is 70.1 Å². The minimum Gasteiger partial charge on any atom is -0.346 e. The Morgan fingerprint density at radius 3 is 2.55 bits per heavy atom. The predicted molar refractivity (Wildman–Crippen MR) is 121 cm³/mol. The van der Waals surface area contributed by atoms with Gasteiger partial charge in [0.1, 0.15) is 10.9 Å². The van der Waals surface area contributed by atoms with Gasteiger partial charge in [0.2, 0.25) is 10.0 Å². The molecule has 8 nitrogen and oxygen atoms in total. The molecule has 0 aromatic carbocycles. The summed E-state index contributed by atoms with van der Waals surface area (Å²) in [6.07, 6.45) is 7.35. The van der Waals surface area contributed by atoms with Crippen molar-refractivity contribution in [2.45, 2.75) is 69.2 Å². The standard InChI is InChI=1S/C22H33N5O3S/c1-22(2,3)26(4)21(28)27-13-17(14-27)31(29,30)25-16-9-7-15(8-10-16)19-12-24-20-18(19)6-5-11-23-20/h5-6,11-12,15-17,25H,7-10,13-14H2,1-4H3,(H,23,24). The maximum atomic E-state index is 12.8. The highest BCUT2D eigenvalue weighted by Gasteiger charge is 2.43. The zero-order valence-electron chi connectivity index (χ0n) is 18.8. The molecule has 170 valence electrons. The van der Waals surface area contributed by atoms with Crippen LogP contribution in [0.5, 0.6) is 0 Å². The number of hydrogen-bond donors (Lipinski definition) is 2. The van der Waals surface area contributed by atoms with Crippen molar-refractivity contribution in [3.8, 4) is 0 Å². The highest BCUT2D eigenvalue weighted by molar-refractivity contribution is 7.90. The second kappa shape index (κ2) is 8.09. The van der Waals surface area contributed by atoms with Crippen molar-refractivity contribution in [3.05, 3.63) is 30.1 Å². The minimum absolute atomic E-state index is 0.0356. The first-order chi connectivity index (χ1) is 14.6. The topological polar surface area (TPSA) is 98.4 Å². The summed E-state index contributed by atoms with van der Waals surface area (Å²) >= 11 is 0. The van der Waals surface area contributed by atoms with E-state index in [1.54, 1.807) is 23.0 Å². The highest BCUT2D eigenvalue weighted by Crippen LogP contribution is 2.36. The molecule has 31 heavy (non-hydrogen) atoms. The molecule has 2 aromatic rings. The number of rotatable bonds is 4. The Hall–Kier alpha value is -2.13. The zero-order valence-corrected chi connectivity index (χ0v) is 19.6. The predicted octanol–water partition coefficient (Wildman–Crippen LogP) is 3.04. The van der Waals surface area contributed by atoms with E-state index in [2.05, 4.69) is 20.8 Å². The molecule has 0 bridgehead atoms. The molecule has 1 saturated carbocycles. The summed E-state index contributed by atoms with van der Waals surface area (Å²) in [4.78, 5) is 23.4. The van der Waals surface area contributed by atoms with Gasteiger partial charge >= 0.3 is 6.03 Å². The molecule has 2 aromatic heterocycles. The normalized spacial score (nSPS) is 23.0. The summed E-state index contributed by atoms with van der Waals surface area (Å²) in [5.74, 6) is 0.420. The Morgan fingerprint density at radius 2 is 1.90 bits per heavy atom. The number of sulfonamides is 1. The van der Waals surface area contributed by atoms with Gasteiger partial charge in [0, 0.05) is 49.5 Å². The lowest BCUT2D eigenvalue weighted by Crippen LogP contribution is -2.63. The fraction of sp³-hybridized carbons (Fsp3) is 0.636. The van der Waals surface area contributed by atoms with Crippen LogP contribution in [0.3, 0.4) is 0 Å². The Kier molecular flexibility index (Phi) is 5.76. The Bertz CT molecular complexity index is 1040. The zero-order chi connectivity index (χ0) is 22.4. The molecule has 2 aliphatic rings. The van der Waals surface area contributed by atoms with E-state index in [-0.39, 0.29) is 30.7 Å². The number of H-pyrrole nitrogens is 1. The van der Waals surface area contributed by atoms with Gasteiger partial charge in [-0.15, -0.1) is 0 Å². The number of nitrogens with zero attached hydrogens (tertiary/aromatic N) is 3. The van der Waals surface area contributed by atoms with Gasteiger partial charge in [-0.25, -0.2) is 22.9 Å². The monoisotopic (exact) mass is 447 g/mol. The van der Waals surface area contributed by atoms with Crippen LogP contribution in [-0.2, 0) is 10.0 Å². The van der Waals surface area contributed by atoms with E-state index < -0.39 is 15.3 Å². The second-order valence-corrected chi connectivity index (χ2v) is 11.9. The molecular weight excluding hydrogens is 414 g/mol. The maximum Gasteiger partial charge on any atom is 0.320 e. The summed E-state index contributed by atoms with van der Waals surface area (Å²) < 4.78 is 28.6. The molecule has 0 radical (unpaired) electrons. The molecule has 1 saturated heterocycles. The summed E-state index contributed by atoms with van der Waals surface area (Å²) in [7, 11) is -1.68. The number of nitrogens with one attached hydrogen (secondary N) is 2. The number of fused-ring (bicyclic) bond motifs is 1. The van der Waals surface area contributed by atoms with Crippen LogP contribution in [0.15, 0.2) is 24.5 Å². The molecule has 4 rings (SSSR count). The van der Waals surface area contributed by atoms with Crippen LogP contribution in [-0.4, -0.2) is 71.2 Å². The lowest BCUT2D eigenvalue weighted by Gasteiger charge is -2.44. The molecular formula is C22H33N5O3S. The first-order valence-corrected chi connectivity index (χ1v) is 12.6. The number of aromatic nitrogens is 2. The fourth-order valence-electron chi connectivity index (χ4n) is 4.46. The quantitative estimate of drug-likeness (QED) is 0.753. The van der Waals surface area contributed by atoms with Crippen LogP contribution in [0.1, 0.15) is 57.9 Å². The number of likely N-dealkylation sites (tertiary alicyclic amines) is 1. The number of aromatic amines is 1. The van der Waals surface area contributed by atoms with Crippen molar-refractivity contribution in [2.75, 3.05) is 20.1 Å². The van der Waals surface area contributed by atoms with Crippen LogP contribution in [0.25, 0.3) is 11.0 Å². The Balaban J connectivity index is 1.29. The van der Waals surface area contributed by atoms with Crippen LogP contribution in [0, 0.1) is 0 Å². The van der Waals surface area contributed by atoms with Gasteiger partial charge in [0.15, 0.2) is 0 Å². The smallest absolute Gasteiger partial charge is 0.320 e. The SMILES string of the molecule is CN(C(=O)N1CC(S(=O)(=O)NC2CCC(c3c[nH]c4ncccc34)CC2)C1)C(C)(C)C. The average Bonchev–Trinajstić information content (AvgIpc) is 3.09. The average molecular weight is 448 g/mol. The summed E-state index contributed by atoms with van der Waals surface area (Å²) in [5.41, 5.74) is 1.89. The Morgan fingerprint density at radius 1 is 1.23 bits per heavy atom. The highest BCUT2D eigenvalue weighted by atomic mass is 32.2. The number of amides is 2. The molecule has 2 amide bonds.